The van der Waals surface area contributed by atoms with Gasteiger partial charge >= 0.3 is 5.97 Å². The minimum Gasteiger partial charge on any atom is -0.463 e. The van der Waals surface area contributed by atoms with Crippen LogP contribution in [-0.2, 0) is 28.5 Å². The van der Waals surface area contributed by atoms with Gasteiger partial charge in [0.15, 0.2) is 0 Å². The van der Waals surface area contributed by atoms with Crippen LogP contribution < -0.4 is 10.6 Å². The average Bonchev–Trinajstić information content (AvgIpc) is 3.16. The van der Waals surface area contributed by atoms with Gasteiger partial charge in [-0.05, 0) is 93.9 Å². The number of hydrogen-bond acceptors (Lipinski definition) is 8. The van der Waals surface area contributed by atoms with Gasteiger partial charge in [0.05, 0.1) is 37.9 Å². The second-order valence-electron chi connectivity index (χ2n) is 13.5. The van der Waals surface area contributed by atoms with E-state index < -0.39 is 0 Å². The number of nitrogens with one attached hydrogen (secondary N) is 2. The van der Waals surface area contributed by atoms with Crippen molar-refractivity contribution in [3.05, 3.63) is 0 Å². The lowest BCUT2D eigenvalue weighted by atomic mass is 9.87. The molecule has 0 radical (unpaired) electrons. The molecule has 2 unspecified atom stereocenters. The lowest BCUT2D eigenvalue weighted by Gasteiger charge is -2.29. The predicted octanol–water partition coefficient (Wildman–Crippen LogP) is 4.04. The summed E-state index contributed by atoms with van der Waals surface area (Å²) < 4.78 is 22.2. The first-order valence-corrected chi connectivity index (χ1v) is 14.0. The van der Waals surface area contributed by atoms with E-state index in [1.165, 1.54) is 0 Å². The van der Waals surface area contributed by atoms with Crippen molar-refractivity contribution < 1.29 is 28.5 Å². The highest BCUT2D eigenvalue weighted by Crippen LogP contribution is 2.36. The molecule has 0 spiro atoms. The van der Waals surface area contributed by atoms with E-state index in [-0.39, 0.29) is 46.1 Å². The molecule has 37 heavy (non-hydrogen) atoms. The molecular formula is C29H54N2O6. The van der Waals surface area contributed by atoms with Gasteiger partial charge in [0.25, 0.3) is 0 Å². The summed E-state index contributed by atoms with van der Waals surface area (Å²) in [6.07, 6.45) is 7.43. The zero-order chi connectivity index (χ0) is 27.9. The fraction of sp³-hybridized carbons (Fsp3) is 0.931. The molecule has 2 N–H and O–H groups in total. The first-order chi connectivity index (χ1) is 17.1. The van der Waals surface area contributed by atoms with Gasteiger partial charge in [0.1, 0.15) is 12.9 Å². The number of ether oxygens (including phenoxy) is 4. The second-order valence-corrected chi connectivity index (χ2v) is 13.5. The highest BCUT2D eigenvalue weighted by atomic mass is 16.6. The largest absolute Gasteiger partial charge is 0.463 e. The summed E-state index contributed by atoms with van der Waals surface area (Å²) in [6.45, 7) is 18.9. The Hall–Kier alpha value is -1.06. The molecule has 0 aromatic carbocycles. The van der Waals surface area contributed by atoms with Crippen LogP contribution >= 0.6 is 0 Å². The maximum absolute atomic E-state index is 12.4. The van der Waals surface area contributed by atoms with Crippen LogP contribution in [0.25, 0.3) is 0 Å². The van der Waals surface area contributed by atoms with E-state index in [2.05, 4.69) is 66.0 Å². The molecule has 1 aliphatic carbocycles. The van der Waals surface area contributed by atoms with Crippen LogP contribution in [0.1, 0.15) is 93.9 Å². The number of carbonyl (C=O) groups excluding carboxylic acids is 2. The van der Waals surface area contributed by atoms with E-state index in [0.29, 0.717) is 32.5 Å². The van der Waals surface area contributed by atoms with Gasteiger partial charge in [-0.2, -0.15) is 0 Å². The summed E-state index contributed by atoms with van der Waals surface area (Å²) in [4.78, 5) is 23.1. The van der Waals surface area contributed by atoms with Crippen LogP contribution in [0.4, 0.5) is 0 Å². The van der Waals surface area contributed by atoms with Crippen LogP contribution in [0, 0.1) is 11.8 Å². The molecular weight excluding hydrogens is 472 g/mol. The third-order valence-electron chi connectivity index (χ3n) is 7.96. The Labute approximate surface area is 225 Å². The van der Waals surface area contributed by atoms with Crippen molar-refractivity contribution >= 4 is 12.3 Å². The van der Waals surface area contributed by atoms with Gasteiger partial charge in [-0.3, -0.25) is 4.79 Å². The summed E-state index contributed by atoms with van der Waals surface area (Å²) in [5.74, 6) is -0.0679. The van der Waals surface area contributed by atoms with E-state index >= 15 is 0 Å². The van der Waals surface area contributed by atoms with Gasteiger partial charge in [-0.1, -0.05) is 0 Å². The third-order valence-corrected chi connectivity index (χ3v) is 7.96. The minimum absolute atomic E-state index is 0.0226. The lowest BCUT2D eigenvalue weighted by Crippen LogP contribution is -2.46. The Morgan fingerprint density at radius 1 is 0.757 bits per heavy atom. The molecule has 8 nitrogen and oxygen atoms in total. The summed E-state index contributed by atoms with van der Waals surface area (Å²) in [7, 11) is 1.69. The van der Waals surface area contributed by atoms with Crippen molar-refractivity contribution in [2.24, 2.45) is 11.8 Å². The Morgan fingerprint density at radius 3 is 1.62 bits per heavy atom. The first-order valence-electron chi connectivity index (χ1n) is 14.0. The fourth-order valence-corrected chi connectivity index (χ4v) is 6.31. The molecule has 2 heterocycles. The molecule has 3 rings (SSSR count). The van der Waals surface area contributed by atoms with Crippen molar-refractivity contribution in [3.8, 4) is 0 Å². The van der Waals surface area contributed by atoms with E-state index in [1.54, 1.807) is 7.11 Å². The molecule has 3 fully saturated rings. The maximum atomic E-state index is 12.4. The number of methoxy groups -OCH3 is 1. The van der Waals surface area contributed by atoms with Gasteiger partial charge in [-0.25, -0.2) is 0 Å². The molecule has 2 atom stereocenters. The fourth-order valence-electron chi connectivity index (χ4n) is 6.31. The first kappa shape index (κ1) is 32.2. The predicted molar refractivity (Wildman–Crippen MR) is 146 cm³/mol. The standard InChI is InChI=1S/C20H37NO5.C9H17NO/c1-19(2)14-17(20(3,4)21-19)18(22)26-13-12-25-16-8-6-15(7-9-16)24-11-10-23-5;1-8(2)5-7(6-11)9(3,4)10-8/h15-17,21H,6-14H2,1-5H3;6-7,10H,5H2,1-4H3. The number of esters is 1. The highest BCUT2D eigenvalue weighted by molar-refractivity contribution is 5.74. The highest BCUT2D eigenvalue weighted by Gasteiger charge is 2.48. The quantitative estimate of drug-likeness (QED) is 0.250. The molecule has 0 bridgehead atoms. The number of hydrogen-bond donors (Lipinski definition) is 2. The third kappa shape index (κ3) is 10.2. The van der Waals surface area contributed by atoms with Gasteiger partial charge in [0, 0.05) is 35.2 Å². The van der Waals surface area contributed by atoms with Gasteiger partial charge < -0.3 is 34.4 Å². The van der Waals surface area contributed by atoms with Crippen molar-refractivity contribution in [1.82, 2.24) is 10.6 Å². The van der Waals surface area contributed by atoms with Crippen molar-refractivity contribution in [3.63, 3.8) is 0 Å². The molecule has 3 aliphatic rings. The molecule has 0 amide bonds. The summed E-state index contributed by atoms with van der Waals surface area (Å²) in [6, 6.07) is 0. The molecule has 0 aromatic heterocycles. The zero-order valence-corrected chi connectivity index (χ0v) is 24.9. The van der Waals surface area contributed by atoms with E-state index in [1.807, 2.05) is 0 Å². The number of rotatable bonds is 10. The van der Waals surface area contributed by atoms with Crippen molar-refractivity contribution in [2.45, 2.75) is 128 Å². The second kappa shape index (κ2) is 13.3. The minimum atomic E-state index is -0.233. The van der Waals surface area contributed by atoms with Gasteiger partial charge in [-0.15, -0.1) is 0 Å². The lowest BCUT2D eigenvalue weighted by molar-refractivity contribution is -0.152. The Balaban J connectivity index is 0.000000364. The van der Waals surface area contributed by atoms with E-state index in [4.69, 9.17) is 18.9 Å². The Bertz CT molecular complexity index is 728. The van der Waals surface area contributed by atoms with Gasteiger partial charge in [0.2, 0.25) is 0 Å². The molecule has 2 aliphatic heterocycles. The average molecular weight is 527 g/mol. The van der Waals surface area contributed by atoms with Crippen LogP contribution in [0.3, 0.4) is 0 Å². The van der Waals surface area contributed by atoms with Crippen LogP contribution in [0.5, 0.6) is 0 Å². The zero-order valence-electron chi connectivity index (χ0n) is 24.9. The summed E-state index contributed by atoms with van der Waals surface area (Å²) in [5, 5.41) is 6.95. The van der Waals surface area contributed by atoms with Crippen molar-refractivity contribution in [2.75, 3.05) is 33.5 Å². The monoisotopic (exact) mass is 526 g/mol. The normalized spacial score (nSPS) is 31.3. The van der Waals surface area contributed by atoms with Crippen LogP contribution in [0.2, 0.25) is 0 Å². The molecule has 216 valence electrons. The number of carbonyl (C=O) groups is 2. The molecule has 8 heteroatoms. The molecule has 2 saturated heterocycles. The van der Waals surface area contributed by atoms with Crippen molar-refractivity contribution in [1.29, 1.82) is 0 Å². The Morgan fingerprint density at radius 2 is 1.24 bits per heavy atom. The Kier molecular flexibility index (Phi) is 11.6. The SMILES string of the molecule is CC1(C)CC(C=O)C(C)(C)N1.COCCOC1CCC(OCCOC(=O)C2CC(C)(C)NC2(C)C)CC1. The summed E-state index contributed by atoms with van der Waals surface area (Å²) >= 11 is 0. The smallest absolute Gasteiger partial charge is 0.310 e. The van der Waals surface area contributed by atoms with Crippen LogP contribution in [-0.4, -0.2) is 80.2 Å². The van der Waals surface area contributed by atoms with E-state index in [9.17, 15) is 9.59 Å². The molecule has 0 aromatic rings. The molecule has 1 saturated carbocycles. The van der Waals surface area contributed by atoms with E-state index in [0.717, 1.165) is 44.8 Å². The maximum Gasteiger partial charge on any atom is 0.310 e. The topological polar surface area (TPSA) is 95.1 Å². The number of aldehydes is 1. The summed E-state index contributed by atoms with van der Waals surface area (Å²) in [5.41, 5.74) is -0.170. The van der Waals surface area contributed by atoms with Crippen LogP contribution in [0.15, 0.2) is 0 Å².